The Balaban J connectivity index is 2.08. The number of sulfonamides is 1. The number of aromatic amines is 1. The van der Waals surface area contributed by atoms with Gasteiger partial charge in [-0.05, 0) is 37.6 Å². The monoisotopic (exact) mass is 309 g/mol. The molecule has 1 aromatic heterocycles. The molecular formula is C14H19N3O3S. The zero-order chi connectivity index (χ0) is 15.3. The van der Waals surface area contributed by atoms with Crippen LogP contribution in [0.2, 0.25) is 0 Å². The summed E-state index contributed by atoms with van der Waals surface area (Å²) in [6.45, 7) is 4.39. The number of aromatic nitrogens is 2. The zero-order valence-corrected chi connectivity index (χ0v) is 12.9. The molecule has 114 valence electrons. The second-order valence-corrected chi connectivity index (χ2v) is 6.41. The van der Waals surface area contributed by atoms with Gasteiger partial charge in [-0.25, -0.2) is 13.1 Å². The molecule has 0 bridgehead atoms. The first-order chi connectivity index (χ1) is 10.0. The second kappa shape index (κ2) is 6.73. The van der Waals surface area contributed by atoms with Gasteiger partial charge in [-0.2, -0.15) is 5.10 Å². The molecule has 21 heavy (non-hydrogen) atoms. The van der Waals surface area contributed by atoms with E-state index >= 15 is 0 Å². The second-order valence-electron chi connectivity index (χ2n) is 4.69. The number of nitrogens with zero attached hydrogens (tertiary/aromatic N) is 1. The minimum atomic E-state index is -3.57. The molecule has 2 rings (SSSR count). The van der Waals surface area contributed by atoms with E-state index in [1.807, 2.05) is 6.92 Å². The molecule has 0 spiro atoms. The lowest BCUT2D eigenvalue weighted by Gasteiger charge is -2.13. The predicted octanol–water partition coefficient (Wildman–Crippen LogP) is 2.24. The summed E-state index contributed by atoms with van der Waals surface area (Å²) in [5, 5.41) is 6.47. The Bertz CT molecular complexity index is 651. The van der Waals surface area contributed by atoms with Gasteiger partial charge in [-0.3, -0.25) is 5.10 Å². The Morgan fingerprint density at radius 3 is 2.62 bits per heavy atom. The molecule has 6 nitrogen and oxygen atoms in total. The van der Waals surface area contributed by atoms with E-state index in [0.29, 0.717) is 12.4 Å². The maximum atomic E-state index is 12.3. The summed E-state index contributed by atoms with van der Waals surface area (Å²) < 4.78 is 32.6. The first-order valence-electron chi connectivity index (χ1n) is 6.77. The largest absolute Gasteiger partial charge is 0.494 e. The SMILES string of the molecule is CCCOc1ccc(S(=O)(=O)NC(C)c2cn[nH]c2)cc1. The van der Waals surface area contributed by atoms with E-state index < -0.39 is 10.0 Å². The highest BCUT2D eigenvalue weighted by atomic mass is 32.2. The third kappa shape index (κ3) is 4.05. The lowest BCUT2D eigenvalue weighted by Crippen LogP contribution is -2.26. The summed E-state index contributed by atoms with van der Waals surface area (Å²) in [6.07, 6.45) is 4.16. The van der Waals surface area contributed by atoms with E-state index in [0.717, 1.165) is 12.0 Å². The van der Waals surface area contributed by atoms with Crippen LogP contribution in [-0.4, -0.2) is 25.2 Å². The lowest BCUT2D eigenvalue weighted by molar-refractivity contribution is 0.317. The van der Waals surface area contributed by atoms with Crippen molar-refractivity contribution in [1.82, 2.24) is 14.9 Å². The van der Waals surface area contributed by atoms with Crippen LogP contribution in [0.4, 0.5) is 0 Å². The van der Waals surface area contributed by atoms with Crippen LogP contribution in [0.3, 0.4) is 0 Å². The van der Waals surface area contributed by atoms with Crippen LogP contribution in [0.5, 0.6) is 5.75 Å². The molecular weight excluding hydrogens is 290 g/mol. The van der Waals surface area contributed by atoms with Gasteiger partial charge in [0.15, 0.2) is 0 Å². The van der Waals surface area contributed by atoms with Gasteiger partial charge in [0.2, 0.25) is 10.0 Å². The molecule has 7 heteroatoms. The fraction of sp³-hybridized carbons (Fsp3) is 0.357. The highest BCUT2D eigenvalue weighted by Gasteiger charge is 2.18. The van der Waals surface area contributed by atoms with Crippen LogP contribution in [0, 0.1) is 0 Å². The van der Waals surface area contributed by atoms with Crippen molar-refractivity contribution in [3.8, 4) is 5.75 Å². The van der Waals surface area contributed by atoms with E-state index in [9.17, 15) is 8.42 Å². The van der Waals surface area contributed by atoms with Gasteiger partial charge in [-0.1, -0.05) is 6.92 Å². The van der Waals surface area contributed by atoms with E-state index in [1.54, 1.807) is 31.5 Å². The van der Waals surface area contributed by atoms with Gasteiger partial charge >= 0.3 is 0 Å². The molecule has 0 saturated carbocycles. The van der Waals surface area contributed by atoms with Crippen molar-refractivity contribution in [3.05, 3.63) is 42.2 Å². The van der Waals surface area contributed by atoms with E-state index in [2.05, 4.69) is 14.9 Å². The van der Waals surface area contributed by atoms with Gasteiger partial charge in [0, 0.05) is 17.8 Å². The Morgan fingerprint density at radius 2 is 2.05 bits per heavy atom. The smallest absolute Gasteiger partial charge is 0.241 e. The molecule has 0 aliphatic carbocycles. The highest BCUT2D eigenvalue weighted by Crippen LogP contribution is 2.19. The predicted molar refractivity (Wildman–Crippen MR) is 79.6 cm³/mol. The average Bonchev–Trinajstić information content (AvgIpc) is 2.99. The van der Waals surface area contributed by atoms with E-state index in [-0.39, 0.29) is 10.9 Å². The standard InChI is InChI=1S/C14H19N3O3S/c1-3-8-20-13-4-6-14(7-5-13)21(18,19)17-11(2)12-9-15-16-10-12/h4-7,9-11,17H,3,8H2,1-2H3,(H,15,16). The summed E-state index contributed by atoms with van der Waals surface area (Å²) in [4.78, 5) is 0.210. The topological polar surface area (TPSA) is 84.1 Å². The quantitative estimate of drug-likeness (QED) is 0.821. The third-order valence-corrected chi connectivity index (χ3v) is 4.51. The Hall–Kier alpha value is -1.86. The van der Waals surface area contributed by atoms with Gasteiger partial charge in [0.1, 0.15) is 5.75 Å². The van der Waals surface area contributed by atoms with E-state index in [1.165, 1.54) is 12.1 Å². The maximum absolute atomic E-state index is 12.3. The number of ether oxygens (including phenoxy) is 1. The van der Waals surface area contributed by atoms with Gasteiger partial charge in [-0.15, -0.1) is 0 Å². The molecule has 1 unspecified atom stereocenters. The first-order valence-corrected chi connectivity index (χ1v) is 8.25. The molecule has 1 aromatic carbocycles. The van der Waals surface area contributed by atoms with Crippen LogP contribution < -0.4 is 9.46 Å². The van der Waals surface area contributed by atoms with Crippen LogP contribution in [0.15, 0.2) is 41.6 Å². The number of nitrogens with one attached hydrogen (secondary N) is 2. The van der Waals surface area contributed by atoms with Crippen molar-refractivity contribution in [2.75, 3.05) is 6.61 Å². The first kappa shape index (κ1) is 15.5. The van der Waals surface area contributed by atoms with Crippen molar-refractivity contribution in [1.29, 1.82) is 0 Å². The number of rotatable bonds is 7. The lowest BCUT2D eigenvalue weighted by atomic mass is 10.2. The summed E-state index contributed by atoms with van der Waals surface area (Å²) in [6, 6.07) is 6.04. The summed E-state index contributed by atoms with van der Waals surface area (Å²) >= 11 is 0. The third-order valence-electron chi connectivity index (χ3n) is 2.96. The average molecular weight is 309 g/mol. The number of hydrogen-bond donors (Lipinski definition) is 2. The summed E-state index contributed by atoms with van der Waals surface area (Å²) in [5.41, 5.74) is 0.779. The van der Waals surface area contributed by atoms with Crippen LogP contribution in [0.1, 0.15) is 31.9 Å². The van der Waals surface area contributed by atoms with Crippen LogP contribution in [0.25, 0.3) is 0 Å². The minimum absolute atomic E-state index is 0.210. The molecule has 0 amide bonds. The molecule has 0 aliphatic heterocycles. The van der Waals surface area contributed by atoms with Crippen molar-refractivity contribution >= 4 is 10.0 Å². The van der Waals surface area contributed by atoms with Gasteiger partial charge < -0.3 is 4.74 Å². The maximum Gasteiger partial charge on any atom is 0.241 e. The van der Waals surface area contributed by atoms with Crippen LogP contribution >= 0.6 is 0 Å². The molecule has 0 saturated heterocycles. The number of benzene rings is 1. The summed E-state index contributed by atoms with van der Waals surface area (Å²) in [7, 11) is -3.57. The molecule has 1 heterocycles. The molecule has 0 fully saturated rings. The Labute approximate surface area is 124 Å². The molecule has 2 aromatic rings. The molecule has 0 aliphatic rings. The highest BCUT2D eigenvalue weighted by molar-refractivity contribution is 7.89. The fourth-order valence-corrected chi connectivity index (χ4v) is 3.03. The minimum Gasteiger partial charge on any atom is -0.494 e. The summed E-state index contributed by atoms with van der Waals surface area (Å²) in [5.74, 6) is 0.665. The van der Waals surface area contributed by atoms with Crippen molar-refractivity contribution in [2.24, 2.45) is 0 Å². The van der Waals surface area contributed by atoms with Crippen molar-refractivity contribution in [3.63, 3.8) is 0 Å². The normalized spacial score (nSPS) is 13.0. The Morgan fingerprint density at radius 1 is 1.33 bits per heavy atom. The zero-order valence-electron chi connectivity index (χ0n) is 12.0. The van der Waals surface area contributed by atoms with E-state index in [4.69, 9.17) is 4.74 Å². The van der Waals surface area contributed by atoms with Crippen LogP contribution in [-0.2, 0) is 10.0 Å². The van der Waals surface area contributed by atoms with Gasteiger partial charge in [0.25, 0.3) is 0 Å². The molecule has 1 atom stereocenters. The number of H-pyrrole nitrogens is 1. The molecule has 0 radical (unpaired) electrons. The number of hydrogen-bond acceptors (Lipinski definition) is 4. The fourth-order valence-electron chi connectivity index (χ4n) is 1.80. The Kier molecular flexibility index (Phi) is 4.98. The van der Waals surface area contributed by atoms with Crippen molar-refractivity contribution < 1.29 is 13.2 Å². The van der Waals surface area contributed by atoms with Gasteiger partial charge in [0.05, 0.1) is 17.7 Å². The van der Waals surface area contributed by atoms with Crippen molar-refractivity contribution in [2.45, 2.75) is 31.2 Å². The molecule has 2 N–H and O–H groups in total.